The lowest BCUT2D eigenvalue weighted by atomic mass is 10.1. The molecule has 132 valence electrons. The Hall–Kier alpha value is -2.92. The molecule has 0 aliphatic heterocycles. The van der Waals surface area contributed by atoms with Crippen molar-refractivity contribution in [3.05, 3.63) is 88.8 Å². The van der Waals surface area contributed by atoms with Gasteiger partial charge in [-0.25, -0.2) is 9.37 Å². The Morgan fingerprint density at radius 1 is 1.04 bits per heavy atom. The average molecular weight is 370 g/mol. The lowest BCUT2D eigenvalue weighted by Gasteiger charge is -2.08. The molecule has 4 nitrogen and oxygen atoms in total. The highest BCUT2D eigenvalue weighted by atomic mass is 35.5. The minimum Gasteiger partial charge on any atom is -0.352 e. The number of carbonyl (C=O) groups excluding carboxylic acids is 1. The Labute approximate surface area is 156 Å². The van der Waals surface area contributed by atoms with Crippen LogP contribution in [0.25, 0.3) is 0 Å². The van der Waals surface area contributed by atoms with Crippen LogP contribution >= 0.6 is 11.6 Å². The maximum atomic E-state index is 13.0. The molecular weight excluding hydrogens is 353 g/mol. The molecule has 0 atom stereocenters. The van der Waals surface area contributed by atoms with Crippen LogP contribution in [0.3, 0.4) is 0 Å². The van der Waals surface area contributed by atoms with Gasteiger partial charge in [0.25, 0.3) is 5.91 Å². The number of amides is 1. The van der Waals surface area contributed by atoms with Gasteiger partial charge in [0.2, 0.25) is 0 Å². The first-order valence-corrected chi connectivity index (χ1v) is 8.49. The summed E-state index contributed by atoms with van der Waals surface area (Å²) in [6.45, 7) is 0.517. The van der Waals surface area contributed by atoms with E-state index in [-0.39, 0.29) is 11.7 Å². The quantitative estimate of drug-likeness (QED) is 0.668. The predicted molar refractivity (Wildman–Crippen MR) is 101 cm³/mol. The second-order valence-corrected chi connectivity index (χ2v) is 6.13. The fourth-order valence-electron chi connectivity index (χ4n) is 2.39. The van der Waals surface area contributed by atoms with E-state index in [1.165, 1.54) is 12.1 Å². The Balaban J connectivity index is 1.57. The summed E-state index contributed by atoms with van der Waals surface area (Å²) in [6, 6.07) is 16.8. The first kappa shape index (κ1) is 17.9. The summed E-state index contributed by atoms with van der Waals surface area (Å²) in [5.41, 5.74) is 2.29. The number of nitrogens with one attached hydrogen (secondary N) is 2. The van der Waals surface area contributed by atoms with Gasteiger partial charge in [0.05, 0.1) is 0 Å². The molecule has 0 aliphatic carbocycles. The molecule has 6 heteroatoms. The van der Waals surface area contributed by atoms with Crippen LogP contribution in [-0.2, 0) is 6.42 Å². The average Bonchev–Trinajstić information content (AvgIpc) is 2.65. The minimum atomic E-state index is -0.308. The molecule has 1 amide bonds. The van der Waals surface area contributed by atoms with E-state index in [9.17, 15) is 9.18 Å². The molecule has 0 saturated carbocycles. The normalized spacial score (nSPS) is 10.4. The zero-order chi connectivity index (χ0) is 18.4. The lowest BCUT2D eigenvalue weighted by molar-refractivity contribution is 0.0954. The van der Waals surface area contributed by atoms with Crippen molar-refractivity contribution in [2.75, 3.05) is 11.9 Å². The Kier molecular flexibility index (Phi) is 5.81. The van der Waals surface area contributed by atoms with Crippen molar-refractivity contribution in [3.63, 3.8) is 0 Å². The van der Waals surface area contributed by atoms with E-state index in [0.29, 0.717) is 35.1 Å². The highest BCUT2D eigenvalue weighted by Gasteiger charge is 2.07. The summed E-state index contributed by atoms with van der Waals surface area (Å²) in [5, 5.41) is 6.62. The largest absolute Gasteiger partial charge is 0.352 e. The highest BCUT2D eigenvalue weighted by Crippen LogP contribution is 2.16. The van der Waals surface area contributed by atoms with Crippen molar-refractivity contribution in [2.24, 2.45) is 0 Å². The lowest BCUT2D eigenvalue weighted by Crippen LogP contribution is -2.25. The SMILES string of the molecule is O=C(NCCc1ccc(Cl)cc1)c1ccnc(Nc2ccc(F)cc2)c1. The van der Waals surface area contributed by atoms with E-state index in [1.54, 1.807) is 30.5 Å². The van der Waals surface area contributed by atoms with Gasteiger partial charge in [-0.05, 0) is 60.5 Å². The summed E-state index contributed by atoms with van der Waals surface area (Å²) >= 11 is 5.86. The Bertz CT molecular complexity index is 882. The molecule has 2 aromatic carbocycles. The second-order valence-electron chi connectivity index (χ2n) is 5.69. The number of nitrogens with zero attached hydrogens (tertiary/aromatic N) is 1. The fraction of sp³-hybridized carbons (Fsp3) is 0.100. The third-order valence-electron chi connectivity index (χ3n) is 3.75. The molecule has 26 heavy (non-hydrogen) atoms. The third-order valence-corrected chi connectivity index (χ3v) is 4.00. The van der Waals surface area contributed by atoms with Crippen molar-refractivity contribution in [1.29, 1.82) is 0 Å². The molecule has 0 bridgehead atoms. The van der Waals surface area contributed by atoms with Crippen LogP contribution in [0.4, 0.5) is 15.9 Å². The first-order valence-electron chi connectivity index (χ1n) is 8.11. The summed E-state index contributed by atoms with van der Waals surface area (Å²) in [7, 11) is 0. The minimum absolute atomic E-state index is 0.177. The van der Waals surface area contributed by atoms with Gasteiger partial charge in [0.1, 0.15) is 11.6 Å². The van der Waals surface area contributed by atoms with Crippen LogP contribution in [0, 0.1) is 5.82 Å². The second kappa shape index (κ2) is 8.45. The van der Waals surface area contributed by atoms with Crippen molar-refractivity contribution in [2.45, 2.75) is 6.42 Å². The molecule has 0 fully saturated rings. The first-order chi connectivity index (χ1) is 12.6. The molecule has 3 rings (SSSR count). The van der Waals surface area contributed by atoms with E-state index in [4.69, 9.17) is 11.6 Å². The molecule has 0 unspecified atom stereocenters. The number of rotatable bonds is 6. The van der Waals surface area contributed by atoms with Crippen LogP contribution in [0.2, 0.25) is 5.02 Å². The third kappa shape index (κ3) is 5.04. The summed E-state index contributed by atoms with van der Waals surface area (Å²) in [4.78, 5) is 16.5. The van der Waals surface area contributed by atoms with Crippen molar-refractivity contribution in [3.8, 4) is 0 Å². The van der Waals surface area contributed by atoms with Crippen molar-refractivity contribution in [1.82, 2.24) is 10.3 Å². The smallest absolute Gasteiger partial charge is 0.251 e. The van der Waals surface area contributed by atoms with Gasteiger partial charge in [-0.3, -0.25) is 4.79 Å². The molecule has 3 aromatic rings. The zero-order valence-corrected chi connectivity index (χ0v) is 14.6. The fourth-order valence-corrected chi connectivity index (χ4v) is 2.52. The van der Waals surface area contributed by atoms with E-state index in [2.05, 4.69) is 15.6 Å². The molecule has 1 heterocycles. The summed E-state index contributed by atoms with van der Waals surface area (Å²) in [6.07, 6.45) is 2.27. The van der Waals surface area contributed by atoms with Crippen LogP contribution < -0.4 is 10.6 Å². The van der Waals surface area contributed by atoms with E-state index in [1.807, 2.05) is 24.3 Å². The molecule has 0 radical (unpaired) electrons. The summed E-state index contributed by atoms with van der Waals surface area (Å²) in [5.74, 6) is 0.0304. The zero-order valence-electron chi connectivity index (χ0n) is 13.9. The van der Waals surface area contributed by atoms with Crippen LogP contribution in [-0.4, -0.2) is 17.4 Å². The van der Waals surface area contributed by atoms with E-state index < -0.39 is 0 Å². The standard InChI is InChI=1S/C20H17ClFN3O/c21-16-3-1-14(2-4-16)9-11-24-20(26)15-10-12-23-19(13-15)25-18-7-5-17(22)6-8-18/h1-8,10,12-13H,9,11H2,(H,23,25)(H,24,26). The number of carbonyl (C=O) groups is 1. The Morgan fingerprint density at radius 3 is 2.50 bits per heavy atom. The van der Waals surface area contributed by atoms with Crippen LogP contribution in [0.1, 0.15) is 15.9 Å². The van der Waals surface area contributed by atoms with Crippen LogP contribution in [0.15, 0.2) is 66.9 Å². The van der Waals surface area contributed by atoms with E-state index >= 15 is 0 Å². The number of hydrogen-bond donors (Lipinski definition) is 2. The molecule has 0 saturated heterocycles. The maximum absolute atomic E-state index is 13.0. The maximum Gasteiger partial charge on any atom is 0.251 e. The monoisotopic (exact) mass is 369 g/mol. The molecule has 2 N–H and O–H groups in total. The number of anilines is 2. The highest BCUT2D eigenvalue weighted by molar-refractivity contribution is 6.30. The number of aromatic nitrogens is 1. The number of hydrogen-bond acceptors (Lipinski definition) is 3. The van der Waals surface area contributed by atoms with Crippen LogP contribution in [0.5, 0.6) is 0 Å². The summed E-state index contributed by atoms with van der Waals surface area (Å²) < 4.78 is 13.0. The van der Waals surface area contributed by atoms with Gasteiger partial charge >= 0.3 is 0 Å². The van der Waals surface area contributed by atoms with Crippen molar-refractivity contribution < 1.29 is 9.18 Å². The molecular formula is C20H17ClFN3O. The van der Waals surface area contributed by atoms with Gasteiger partial charge in [-0.1, -0.05) is 23.7 Å². The molecule has 0 spiro atoms. The van der Waals surface area contributed by atoms with E-state index in [0.717, 1.165) is 5.56 Å². The van der Waals surface area contributed by atoms with Gasteiger partial charge in [-0.2, -0.15) is 0 Å². The van der Waals surface area contributed by atoms with Crippen molar-refractivity contribution >= 4 is 29.0 Å². The molecule has 1 aromatic heterocycles. The predicted octanol–water partition coefficient (Wildman–Crippen LogP) is 4.59. The van der Waals surface area contributed by atoms with Gasteiger partial charge in [0, 0.05) is 29.0 Å². The molecule has 0 aliphatic rings. The van der Waals surface area contributed by atoms with Gasteiger partial charge in [-0.15, -0.1) is 0 Å². The number of pyridine rings is 1. The topological polar surface area (TPSA) is 54.0 Å². The van der Waals surface area contributed by atoms with Gasteiger partial charge < -0.3 is 10.6 Å². The number of benzene rings is 2. The Morgan fingerprint density at radius 2 is 1.77 bits per heavy atom. The number of halogens is 2. The van der Waals surface area contributed by atoms with Gasteiger partial charge in [0.15, 0.2) is 0 Å².